The summed E-state index contributed by atoms with van der Waals surface area (Å²) >= 11 is 11.8. The van der Waals surface area contributed by atoms with Gasteiger partial charge in [-0.15, -0.1) is 0 Å². The number of aromatic nitrogens is 1. The Kier molecular flexibility index (Phi) is 6.41. The van der Waals surface area contributed by atoms with Crippen molar-refractivity contribution < 1.29 is 18.3 Å². The third kappa shape index (κ3) is 5.74. The molecule has 0 unspecified atom stereocenters. The van der Waals surface area contributed by atoms with E-state index in [1.165, 1.54) is 42.6 Å². The molecule has 9 heteroatoms. The van der Waals surface area contributed by atoms with Crippen LogP contribution in [0.15, 0.2) is 47.5 Å². The maximum Gasteiger partial charge on any atom is 0.328 e. The first-order chi connectivity index (χ1) is 11.8. The summed E-state index contributed by atoms with van der Waals surface area (Å²) in [6, 6.07) is 7.47. The van der Waals surface area contributed by atoms with Crippen LogP contribution in [0.2, 0.25) is 10.0 Å². The lowest BCUT2D eigenvalue weighted by Gasteiger charge is -2.09. The highest BCUT2D eigenvalue weighted by molar-refractivity contribution is 7.91. The lowest BCUT2D eigenvalue weighted by Crippen LogP contribution is -2.16. The molecule has 2 N–H and O–H groups in total. The zero-order chi connectivity index (χ0) is 18.4. The highest BCUT2D eigenvalue weighted by Crippen LogP contribution is 2.21. The fraction of sp³-hybridized carbons (Fsp3) is 0.125. The number of anilines is 1. The summed E-state index contributed by atoms with van der Waals surface area (Å²) < 4.78 is 24.4. The predicted octanol–water partition coefficient (Wildman–Crippen LogP) is 3.37. The number of rotatable bonds is 7. The Morgan fingerprint density at radius 3 is 2.52 bits per heavy atom. The van der Waals surface area contributed by atoms with Gasteiger partial charge in [-0.25, -0.2) is 18.2 Å². The molecule has 6 nitrogen and oxygen atoms in total. The molecular formula is C16H14Cl2N2O4S. The Balaban J connectivity index is 1.99. The first-order valence-corrected chi connectivity index (χ1v) is 9.47. The third-order valence-electron chi connectivity index (χ3n) is 3.12. The summed E-state index contributed by atoms with van der Waals surface area (Å²) in [5, 5.41) is 12.2. The molecule has 0 aliphatic carbocycles. The van der Waals surface area contributed by atoms with Gasteiger partial charge in [0, 0.05) is 23.8 Å². The van der Waals surface area contributed by atoms with E-state index in [0.29, 0.717) is 16.4 Å². The molecule has 0 amide bonds. The van der Waals surface area contributed by atoms with E-state index >= 15 is 0 Å². The van der Waals surface area contributed by atoms with E-state index in [-0.39, 0.29) is 22.2 Å². The molecule has 0 bridgehead atoms. The molecule has 132 valence electrons. The van der Waals surface area contributed by atoms with Crippen molar-refractivity contribution in [2.45, 2.75) is 4.90 Å². The van der Waals surface area contributed by atoms with Crippen molar-refractivity contribution in [3.05, 3.63) is 58.2 Å². The van der Waals surface area contributed by atoms with Crippen molar-refractivity contribution in [1.29, 1.82) is 0 Å². The van der Waals surface area contributed by atoms with Gasteiger partial charge in [-0.2, -0.15) is 0 Å². The van der Waals surface area contributed by atoms with Gasteiger partial charge in [-0.05, 0) is 42.0 Å². The highest BCUT2D eigenvalue weighted by atomic mass is 35.5. The number of halogens is 2. The minimum Gasteiger partial charge on any atom is -0.478 e. The number of nitrogens with zero attached hydrogens (tertiary/aromatic N) is 1. The molecule has 0 saturated carbocycles. The molecule has 1 aromatic carbocycles. The number of hydrogen-bond donors (Lipinski definition) is 2. The van der Waals surface area contributed by atoms with Crippen molar-refractivity contribution >= 4 is 50.9 Å². The van der Waals surface area contributed by atoms with E-state index in [9.17, 15) is 13.2 Å². The summed E-state index contributed by atoms with van der Waals surface area (Å²) in [6.45, 7) is 0.113. The van der Waals surface area contributed by atoms with Crippen LogP contribution in [0.3, 0.4) is 0 Å². The van der Waals surface area contributed by atoms with Gasteiger partial charge >= 0.3 is 5.97 Å². The van der Waals surface area contributed by atoms with Crippen molar-refractivity contribution in [3.8, 4) is 0 Å². The molecule has 0 aliphatic rings. The number of carboxylic acids is 1. The van der Waals surface area contributed by atoms with Gasteiger partial charge in [-0.3, -0.25) is 0 Å². The van der Waals surface area contributed by atoms with Gasteiger partial charge in [0.2, 0.25) is 0 Å². The van der Waals surface area contributed by atoms with Crippen LogP contribution in [-0.4, -0.2) is 36.8 Å². The lowest BCUT2D eigenvalue weighted by atomic mass is 10.2. The van der Waals surface area contributed by atoms with Crippen molar-refractivity contribution in [2.24, 2.45) is 0 Å². The largest absolute Gasteiger partial charge is 0.478 e. The van der Waals surface area contributed by atoms with E-state index < -0.39 is 15.8 Å². The normalized spacial score (nSPS) is 11.6. The molecule has 0 fully saturated rings. The van der Waals surface area contributed by atoms with E-state index in [2.05, 4.69) is 10.3 Å². The smallest absolute Gasteiger partial charge is 0.328 e. The van der Waals surface area contributed by atoms with Gasteiger partial charge in [0.25, 0.3) is 0 Å². The number of benzene rings is 1. The van der Waals surface area contributed by atoms with Crippen LogP contribution >= 0.6 is 23.2 Å². The summed E-state index contributed by atoms with van der Waals surface area (Å²) in [7, 11) is -3.45. The average Bonchev–Trinajstić information content (AvgIpc) is 2.55. The molecule has 1 heterocycles. The minimum absolute atomic E-state index is 0.113. The monoisotopic (exact) mass is 400 g/mol. The fourth-order valence-electron chi connectivity index (χ4n) is 1.91. The van der Waals surface area contributed by atoms with E-state index in [1.54, 1.807) is 0 Å². The molecule has 2 aromatic rings. The minimum atomic E-state index is -3.45. The van der Waals surface area contributed by atoms with Crippen molar-refractivity contribution in [1.82, 2.24) is 4.98 Å². The number of hydrogen-bond acceptors (Lipinski definition) is 5. The van der Waals surface area contributed by atoms with Crippen molar-refractivity contribution in [2.75, 3.05) is 17.6 Å². The van der Waals surface area contributed by atoms with Gasteiger partial charge < -0.3 is 10.4 Å². The number of carboxylic acid groups (broad SMARTS) is 1. The number of pyridine rings is 1. The Hall–Kier alpha value is -2.09. The maximum atomic E-state index is 12.2. The van der Waals surface area contributed by atoms with Gasteiger partial charge in [0.15, 0.2) is 9.84 Å². The molecule has 1 aromatic heterocycles. The van der Waals surface area contributed by atoms with Gasteiger partial charge in [0.1, 0.15) is 5.82 Å². The first kappa shape index (κ1) is 19.2. The Morgan fingerprint density at radius 2 is 1.92 bits per heavy atom. The van der Waals surface area contributed by atoms with Gasteiger partial charge in [0.05, 0.1) is 15.7 Å². The first-order valence-electron chi connectivity index (χ1n) is 7.07. The molecule has 25 heavy (non-hydrogen) atoms. The molecular weight excluding hydrogens is 387 g/mol. The van der Waals surface area contributed by atoms with Gasteiger partial charge in [-0.1, -0.05) is 23.2 Å². The summed E-state index contributed by atoms with van der Waals surface area (Å²) in [4.78, 5) is 14.7. The zero-order valence-corrected chi connectivity index (χ0v) is 15.1. The maximum absolute atomic E-state index is 12.2. The number of sulfone groups is 1. The predicted molar refractivity (Wildman–Crippen MR) is 97.9 cm³/mol. The molecule has 0 aliphatic heterocycles. The molecule has 0 radical (unpaired) electrons. The average molecular weight is 401 g/mol. The number of carbonyl (C=O) groups is 1. The Labute approximate surface area is 155 Å². The fourth-order valence-corrected chi connectivity index (χ4v) is 3.43. The second-order valence-electron chi connectivity index (χ2n) is 4.97. The van der Waals surface area contributed by atoms with Crippen LogP contribution in [-0.2, 0) is 14.6 Å². The molecule has 0 atom stereocenters. The second kappa shape index (κ2) is 8.33. The number of aliphatic carboxylic acids is 1. The van der Waals surface area contributed by atoms with E-state index in [0.717, 1.165) is 6.08 Å². The van der Waals surface area contributed by atoms with Crippen molar-refractivity contribution in [3.63, 3.8) is 0 Å². The van der Waals surface area contributed by atoms with E-state index in [4.69, 9.17) is 28.3 Å². The molecule has 2 rings (SSSR count). The number of nitrogens with one attached hydrogen (secondary N) is 1. The van der Waals surface area contributed by atoms with Crippen LogP contribution in [0.25, 0.3) is 6.08 Å². The van der Waals surface area contributed by atoms with Crippen LogP contribution in [0.4, 0.5) is 5.82 Å². The SMILES string of the molecule is O=C(O)C=Cc1cnc(NCCS(=O)(=O)c2ccc(Cl)cc2)c(Cl)c1. The molecule has 0 saturated heterocycles. The Morgan fingerprint density at radius 1 is 1.24 bits per heavy atom. The van der Waals surface area contributed by atoms with Crippen LogP contribution in [0.5, 0.6) is 0 Å². The Bertz CT molecular complexity index is 897. The third-order valence-corrected chi connectivity index (χ3v) is 5.39. The quantitative estimate of drug-likeness (QED) is 0.691. The highest BCUT2D eigenvalue weighted by Gasteiger charge is 2.14. The van der Waals surface area contributed by atoms with Crippen LogP contribution < -0.4 is 5.32 Å². The summed E-state index contributed by atoms with van der Waals surface area (Å²) in [6.07, 6.45) is 3.76. The lowest BCUT2D eigenvalue weighted by molar-refractivity contribution is -0.131. The second-order valence-corrected chi connectivity index (χ2v) is 7.92. The summed E-state index contributed by atoms with van der Waals surface area (Å²) in [5.74, 6) is -0.904. The zero-order valence-electron chi connectivity index (χ0n) is 12.8. The van der Waals surface area contributed by atoms with Crippen LogP contribution in [0, 0.1) is 0 Å². The molecule has 0 spiro atoms. The summed E-state index contributed by atoms with van der Waals surface area (Å²) in [5.41, 5.74) is 0.520. The standard InChI is InChI=1S/C16H14Cl2N2O4S/c17-12-2-4-13(5-3-12)25(23,24)8-7-19-16-14(18)9-11(10-20-16)1-6-15(21)22/h1-6,9-10H,7-8H2,(H,19,20)(H,21,22). The topological polar surface area (TPSA) is 96.4 Å². The van der Waals surface area contributed by atoms with Crippen LogP contribution in [0.1, 0.15) is 5.56 Å². The van der Waals surface area contributed by atoms with E-state index in [1.807, 2.05) is 0 Å².